The lowest BCUT2D eigenvalue weighted by Crippen LogP contribution is -1.95. The molecule has 126 valence electrons. The quantitative estimate of drug-likeness (QED) is 0.188. The van der Waals surface area contributed by atoms with Gasteiger partial charge in [0.1, 0.15) is 22.1 Å². The number of halogens is 2. The first-order valence-corrected chi connectivity index (χ1v) is 11.1. The van der Waals surface area contributed by atoms with Crippen molar-refractivity contribution >= 4 is 83.3 Å². The summed E-state index contributed by atoms with van der Waals surface area (Å²) in [6.07, 6.45) is 6.94. The van der Waals surface area contributed by atoms with E-state index in [-0.39, 0.29) is 0 Å². The van der Waals surface area contributed by atoms with Gasteiger partial charge in [0.2, 0.25) is 0 Å². The van der Waals surface area contributed by atoms with Crippen LogP contribution in [-0.2, 0) is 0 Å². The summed E-state index contributed by atoms with van der Waals surface area (Å²) >= 11 is 9.28. The Hall–Kier alpha value is -1.49. The van der Waals surface area contributed by atoms with Crippen LogP contribution in [0.4, 0.5) is 0 Å². The van der Waals surface area contributed by atoms with E-state index in [2.05, 4.69) is 76.7 Å². The SMILES string of the molecule is Brc1ccc(-c2c3nccnc3c(-c3ccc(I)s3)c3nccnc23)s1. The van der Waals surface area contributed by atoms with Gasteiger partial charge in [-0.1, -0.05) is 0 Å². The molecule has 5 rings (SSSR count). The molecule has 26 heavy (non-hydrogen) atoms. The van der Waals surface area contributed by atoms with Crippen LogP contribution >= 0.6 is 61.2 Å². The van der Waals surface area contributed by atoms with E-state index in [1.165, 1.54) is 2.88 Å². The van der Waals surface area contributed by atoms with Gasteiger partial charge in [-0.3, -0.25) is 19.9 Å². The molecule has 5 aromatic rings. The first-order valence-electron chi connectivity index (χ1n) is 7.61. The van der Waals surface area contributed by atoms with E-state index in [0.717, 1.165) is 46.7 Å². The van der Waals surface area contributed by atoms with Crippen LogP contribution < -0.4 is 0 Å². The zero-order chi connectivity index (χ0) is 17.7. The third-order valence-corrected chi connectivity index (χ3v) is 7.54. The number of rotatable bonds is 2. The molecule has 8 heteroatoms. The highest BCUT2D eigenvalue weighted by Gasteiger charge is 2.21. The monoisotopic (exact) mass is 550 g/mol. The zero-order valence-corrected chi connectivity index (χ0v) is 18.4. The highest BCUT2D eigenvalue weighted by molar-refractivity contribution is 14.1. The summed E-state index contributed by atoms with van der Waals surface area (Å²) < 4.78 is 2.29. The second kappa shape index (κ2) is 6.59. The molecule has 0 aliphatic rings. The second-order valence-electron chi connectivity index (χ2n) is 5.46. The number of nitrogens with zero attached hydrogens (tertiary/aromatic N) is 4. The fourth-order valence-electron chi connectivity index (χ4n) is 3.00. The van der Waals surface area contributed by atoms with E-state index in [4.69, 9.17) is 0 Å². The average molecular weight is 551 g/mol. The topological polar surface area (TPSA) is 51.6 Å². The average Bonchev–Trinajstić information content (AvgIpc) is 3.27. The van der Waals surface area contributed by atoms with Crippen molar-refractivity contribution in [1.29, 1.82) is 0 Å². The van der Waals surface area contributed by atoms with Crippen LogP contribution in [0.15, 0.2) is 52.8 Å². The number of hydrogen-bond acceptors (Lipinski definition) is 6. The largest absolute Gasteiger partial charge is 0.252 e. The third kappa shape index (κ3) is 2.67. The van der Waals surface area contributed by atoms with Crippen molar-refractivity contribution in [2.45, 2.75) is 0 Å². The van der Waals surface area contributed by atoms with Crippen LogP contribution in [0.1, 0.15) is 0 Å². The second-order valence-corrected chi connectivity index (χ2v) is 10.9. The molecule has 0 bridgehead atoms. The molecule has 0 radical (unpaired) electrons. The Bertz CT molecular complexity index is 1130. The fraction of sp³-hybridized carbons (Fsp3) is 0. The lowest BCUT2D eigenvalue weighted by Gasteiger charge is -2.12. The van der Waals surface area contributed by atoms with Crippen LogP contribution in [-0.4, -0.2) is 19.9 Å². The molecule has 0 aliphatic carbocycles. The van der Waals surface area contributed by atoms with Crippen LogP contribution in [0.3, 0.4) is 0 Å². The van der Waals surface area contributed by atoms with Crippen molar-refractivity contribution in [2.24, 2.45) is 0 Å². The Balaban J connectivity index is 2.01. The molecular weight excluding hydrogens is 543 g/mol. The highest BCUT2D eigenvalue weighted by atomic mass is 127. The molecule has 0 unspecified atom stereocenters. The maximum Gasteiger partial charge on any atom is 0.100 e. The molecule has 0 saturated heterocycles. The van der Waals surface area contributed by atoms with Gasteiger partial charge in [0.05, 0.1) is 6.67 Å². The molecule has 0 fully saturated rings. The molecule has 4 heterocycles. The first kappa shape index (κ1) is 16.7. The number of benzene rings is 1. The van der Waals surface area contributed by atoms with E-state index in [1.54, 1.807) is 47.5 Å². The maximum absolute atomic E-state index is 4.68. The third-order valence-electron chi connectivity index (χ3n) is 3.98. The lowest BCUT2D eigenvalue weighted by molar-refractivity contribution is 1.27. The Kier molecular flexibility index (Phi) is 4.23. The minimum Gasteiger partial charge on any atom is -0.252 e. The summed E-state index contributed by atoms with van der Waals surface area (Å²) in [6, 6.07) is 8.35. The smallest absolute Gasteiger partial charge is 0.100 e. The summed E-state index contributed by atoms with van der Waals surface area (Å²) in [5.74, 6) is 0. The minimum atomic E-state index is 0.855. The van der Waals surface area contributed by atoms with Crippen molar-refractivity contribution in [3.63, 3.8) is 0 Å². The Labute approximate surface area is 178 Å². The van der Waals surface area contributed by atoms with Gasteiger partial charge in [-0.2, -0.15) is 0 Å². The highest BCUT2D eigenvalue weighted by Crippen LogP contribution is 2.44. The molecule has 1 aromatic carbocycles. The van der Waals surface area contributed by atoms with Crippen molar-refractivity contribution in [1.82, 2.24) is 19.9 Å². The predicted octanol–water partition coefficient (Wildman–Crippen LogP) is 6.40. The molecule has 4 nitrogen and oxygen atoms in total. The summed E-state index contributed by atoms with van der Waals surface area (Å²) in [7, 11) is 0. The molecule has 0 atom stereocenters. The van der Waals surface area contributed by atoms with Crippen molar-refractivity contribution < 1.29 is 0 Å². The van der Waals surface area contributed by atoms with Crippen molar-refractivity contribution in [3.8, 4) is 20.9 Å². The van der Waals surface area contributed by atoms with Crippen molar-refractivity contribution in [2.75, 3.05) is 0 Å². The first-order chi connectivity index (χ1) is 12.7. The van der Waals surface area contributed by atoms with E-state index in [1.807, 2.05) is 6.07 Å². The standard InChI is InChI=1S/C18H8BrIN4S2/c19-11-3-1-9(25-11)13-15-17(23-7-5-21-15)14(10-2-4-12(20)26-10)18-16(13)22-6-8-24-18/h1-8H. The Morgan fingerprint density at radius 1 is 0.654 bits per heavy atom. The molecule has 0 saturated carbocycles. The molecular formula is C18H8BrIN4S2. The molecule has 4 aromatic heterocycles. The van der Waals surface area contributed by atoms with Gasteiger partial charge < -0.3 is 0 Å². The summed E-state index contributed by atoms with van der Waals surface area (Å²) in [6.45, 7) is 0. The zero-order valence-electron chi connectivity index (χ0n) is 13.0. The van der Waals surface area contributed by atoms with Crippen LogP contribution in [0.25, 0.3) is 42.9 Å². The number of hydrogen-bond donors (Lipinski definition) is 0. The van der Waals surface area contributed by atoms with Crippen LogP contribution in [0.2, 0.25) is 0 Å². The van der Waals surface area contributed by atoms with E-state index < -0.39 is 0 Å². The fourth-order valence-corrected chi connectivity index (χ4v) is 6.10. The maximum atomic E-state index is 4.68. The normalized spacial score (nSPS) is 11.5. The molecule has 0 N–H and O–H groups in total. The van der Waals surface area contributed by atoms with Gasteiger partial charge >= 0.3 is 0 Å². The van der Waals surface area contributed by atoms with Crippen molar-refractivity contribution in [3.05, 3.63) is 55.7 Å². The molecule has 0 spiro atoms. The molecule has 0 amide bonds. The minimum absolute atomic E-state index is 0.855. The summed E-state index contributed by atoms with van der Waals surface area (Å²) in [5, 5.41) is 0. The molecule has 0 aliphatic heterocycles. The Morgan fingerprint density at radius 2 is 1.12 bits per heavy atom. The van der Waals surface area contributed by atoms with E-state index in [9.17, 15) is 0 Å². The Morgan fingerprint density at radius 3 is 1.50 bits per heavy atom. The van der Waals surface area contributed by atoms with Gasteiger partial charge in [-0.25, -0.2) is 0 Å². The van der Waals surface area contributed by atoms with Gasteiger partial charge in [-0.15, -0.1) is 22.7 Å². The van der Waals surface area contributed by atoms with Gasteiger partial charge in [0.15, 0.2) is 0 Å². The van der Waals surface area contributed by atoms with E-state index >= 15 is 0 Å². The lowest BCUT2D eigenvalue weighted by atomic mass is 10.0. The number of aromatic nitrogens is 4. The van der Waals surface area contributed by atoms with Gasteiger partial charge in [0.25, 0.3) is 0 Å². The predicted molar refractivity (Wildman–Crippen MR) is 120 cm³/mol. The van der Waals surface area contributed by atoms with Gasteiger partial charge in [-0.05, 0) is 62.8 Å². The van der Waals surface area contributed by atoms with Gasteiger partial charge in [0, 0.05) is 45.7 Å². The number of thiophene rings is 2. The van der Waals surface area contributed by atoms with E-state index in [0.29, 0.717) is 0 Å². The number of fused-ring (bicyclic) bond motifs is 2. The summed E-state index contributed by atoms with van der Waals surface area (Å²) in [5.41, 5.74) is 5.42. The van der Waals surface area contributed by atoms with Crippen LogP contribution in [0.5, 0.6) is 0 Å². The summed E-state index contributed by atoms with van der Waals surface area (Å²) in [4.78, 5) is 20.9. The van der Waals surface area contributed by atoms with Crippen LogP contribution in [0, 0.1) is 2.88 Å².